The molecule has 0 unspecified atom stereocenters. The number of aromatic nitrogens is 1. The average Bonchev–Trinajstić information content (AvgIpc) is 2.70. The van der Waals surface area contributed by atoms with Gasteiger partial charge in [0, 0.05) is 51.0 Å². The summed E-state index contributed by atoms with van der Waals surface area (Å²) in [5, 5.41) is 3.57. The van der Waals surface area contributed by atoms with Gasteiger partial charge in [0.05, 0.1) is 6.61 Å². The van der Waals surface area contributed by atoms with E-state index in [-0.39, 0.29) is 0 Å². The lowest BCUT2D eigenvalue weighted by Gasteiger charge is -2.34. The topological polar surface area (TPSA) is 40.6 Å². The molecule has 1 aromatic heterocycles. The molecule has 0 aliphatic carbocycles. The van der Waals surface area contributed by atoms with Gasteiger partial charge in [0.15, 0.2) is 0 Å². The number of pyridine rings is 1. The minimum absolute atomic E-state index is 0.673. The van der Waals surface area contributed by atoms with Crippen molar-refractivity contribution in [1.82, 2.24) is 15.2 Å². The zero-order valence-electron chi connectivity index (χ0n) is 17.5. The van der Waals surface area contributed by atoms with E-state index in [4.69, 9.17) is 4.74 Å². The monoisotopic (exact) mass is 382 g/mol. The summed E-state index contributed by atoms with van der Waals surface area (Å²) in [6.45, 7) is 11.1. The third-order valence-electron chi connectivity index (χ3n) is 5.20. The van der Waals surface area contributed by atoms with Gasteiger partial charge in [0.1, 0.15) is 11.6 Å². The molecule has 1 saturated heterocycles. The van der Waals surface area contributed by atoms with E-state index in [1.165, 1.54) is 11.1 Å². The Morgan fingerprint density at radius 3 is 2.50 bits per heavy atom. The Kier molecular flexibility index (Phi) is 7.69. The van der Waals surface area contributed by atoms with E-state index in [2.05, 4.69) is 71.3 Å². The lowest BCUT2D eigenvalue weighted by Crippen LogP contribution is -2.45. The zero-order valence-corrected chi connectivity index (χ0v) is 17.5. The van der Waals surface area contributed by atoms with Gasteiger partial charge >= 0.3 is 0 Å². The SMILES string of the molecule is CC(C)CCOc1ccc(CNCc2cccnc2N2CCN(C)CC2)cc1. The van der Waals surface area contributed by atoms with Gasteiger partial charge in [-0.1, -0.05) is 32.0 Å². The van der Waals surface area contributed by atoms with Gasteiger partial charge < -0.3 is 19.9 Å². The van der Waals surface area contributed by atoms with E-state index >= 15 is 0 Å². The van der Waals surface area contributed by atoms with E-state index in [0.29, 0.717) is 5.92 Å². The van der Waals surface area contributed by atoms with E-state index in [1.54, 1.807) is 0 Å². The number of nitrogens with zero attached hydrogens (tertiary/aromatic N) is 3. The normalized spacial score (nSPS) is 15.2. The van der Waals surface area contributed by atoms with E-state index in [9.17, 15) is 0 Å². The molecule has 1 aliphatic heterocycles. The van der Waals surface area contributed by atoms with E-state index in [0.717, 1.165) is 63.9 Å². The van der Waals surface area contributed by atoms with Gasteiger partial charge in [-0.15, -0.1) is 0 Å². The van der Waals surface area contributed by atoms with Crippen LogP contribution in [0.15, 0.2) is 42.6 Å². The van der Waals surface area contributed by atoms with Crippen LogP contribution in [-0.4, -0.2) is 49.7 Å². The third-order valence-corrected chi connectivity index (χ3v) is 5.20. The molecule has 0 saturated carbocycles. The fraction of sp³-hybridized carbons (Fsp3) is 0.522. The number of hydrogen-bond acceptors (Lipinski definition) is 5. The van der Waals surface area contributed by atoms with Gasteiger partial charge in [-0.2, -0.15) is 0 Å². The predicted octanol–water partition coefficient (Wildman–Crippen LogP) is 3.55. The number of benzene rings is 1. The summed E-state index contributed by atoms with van der Waals surface area (Å²) in [5.41, 5.74) is 2.53. The molecule has 5 heteroatoms. The first-order valence-corrected chi connectivity index (χ1v) is 10.4. The lowest BCUT2D eigenvalue weighted by atomic mass is 10.1. The Morgan fingerprint density at radius 1 is 1.04 bits per heavy atom. The minimum atomic E-state index is 0.673. The first kappa shape index (κ1) is 20.6. The summed E-state index contributed by atoms with van der Waals surface area (Å²) < 4.78 is 5.80. The molecule has 1 aromatic carbocycles. The van der Waals surface area contributed by atoms with Crippen molar-refractivity contribution in [3.05, 3.63) is 53.7 Å². The van der Waals surface area contributed by atoms with Gasteiger partial charge in [0.25, 0.3) is 0 Å². The molecule has 5 nitrogen and oxygen atoms in total. The summed E-state index contributed by atoms with van der Waals surface area (Å²) >= 11 is 0. The van der Waals surface area contributed by atoms with Crippen LogP contribution in [0.1, 0.15) is 31.4 Å². The zero-order chi connectivity index (χ0) is 19.8. The highest BCUT2D eigenvalue weighted by atomic mass is 16.5. The number of nitrogens with one attached hydrogen (secondary N) is 1. The molecular weight excluding hydrogens is 348 g/mol. The molecule has 0 radical (unpaired) electrons. The van der Waals surface area contributed by atoms with Crippen LogP contribution in [0, 0.1) is 5.92 Å². The smallest absolute Gasteiger partial charge is 0.133 e. The highest BCUT2D eigenvalue weighted by molar-refractivity contribution is 5.47. The van der Waals surface area contributed by atoms with Crippen molar-refractivity contribution < 1.29 is 4.74 Å². The number of rotatable bonds is 9. The minimum Gasteiger partial charge on any atom is -0.494 e. The Balaban J connectivity index is 1.49. The van der Waals surface area contributed by atoms with Crippen LogP contribution < -0.4 is 15.0 Å². The number of hydrogen-bond donors (Lipinski definition) is 1. The quantitative estimate of drug-likeness (QED) is 0.718. The van der Waals surface area contributed by atoms with E-state index < -0.39 is 0 Å². The first-order valence-electron chi connectivity index (χ1n) is 10.4. The largest absolute Gasteiger partial charge is 0.494 e. The number of ether oxygens (including phenoxy) is 1. The van der Waals surface area contributed by atoms with E-state index in [1.807, 2.05) is 12.3 Å². The first-order chi connectivity index (χ1) is 13.6. The number of likely N-dealkylation sites (N-methyl/N-ethyl adjacent to an activating group) is 1. The van der Waals surface area contributed by atoms with Crippen LogP contribution >= 0.6 is 0 Å². The molecule has 0 atom stereocenters. The average molecular weight is 383 g/mol. The molecule has 28 heavy (non-hydrogen) atoms. The second-order valence-corrected chi connectivity index (χ2v) is 8.05. The molecule has 0 bridgehead atoms. The molecule has 3 rings (SSSR count). The van der Waals surface area contributed by atoms with Gasteiger partial charge in [0.2, 0.25) is 0 Å². The Labute approximate surface area is 169 Å². The van der Waals surface area contributed by atoms with Crippen molar-refractivity contribution in [2.24, 2.45) is 5.92 Å². The van der Waals surface area contributed by atoms with Crippen molar-refractivity contribution >= 4 is 5.82 Å². The second-order valence-electron chi connectivity index (χ2n) is 8.05. The highest BCUT2D eigenvalue weighted by Gasteiger charge is 2.17. The fourth-order valence-electron chi connectivity index (χ4n) is 3.33. The number of anilines is 1. The molecule has 0 spiro atoms. The maximum Gasteiger partial charge on any atom is 0.133 e. The van der Waals surface area contributed by atoms with Gasteiger partial charge in [-0.3, -0.25) is 0 Å². The van der Waals surface area contributed by atoms with Crippen LogP contribution in [0.5, 0.6) is 5.75 Å². The van der Waals surface area contributed by atoms with Crippen LogP contribution in [0.4, 0.5) is 5.82 Å². The van der Waals surface area contributed by atoms with Crippen LogP contribution in [0.2, 0.25) is 0 Å². The van der Waals surface area contributed by atoms with Crippen molar-refractivity contribution in [2.45, 2.75) is 33.4 Å². The lowest BCUT2D eigenvalue weighted by molar-refractivity contribution is 0.289. The van der Waals surface area contributed by atoms with Crippen LogP contribution in [-0.2, 0) is 13.1 Å². The summed E-state index contributed by atoms with van der Waals surface area (Å²) in [5.74, 6) is 2.75. The summed E-state index contributed by atoms with van der Waals surface area (Å²) in [6.07, 6.45) is 2.99. The molecule has 1 fully saturated rings. The molecule has 2 heterocycles. The predicted molar refractivity (Wildman–Crippen MR) is 116 cm³/mol. The molecular formula is C23H34N4O. The second kappa shape index (κ2) is 10.4. The van der Waals surface area contributed by atoms with Gasteiger partial charge in [-0.05, 0) is 43.1 Å². The van der Waals surface area contributed by atoms with Crippen molar-refractivity contribution in [3.8, 4) is 5.75 Å². The number of piperazine rings is 1. The Morgan fingerprint density at radius 2 is 1.79 bits per heavy atom. The maximum atomic E-state index is 5.80. The van der Waals surface area contributed by atoms with Crippen molar-refractivity contribution in [1.29, 1.82) is 0 Å². The van der Waals surface area contributed by atoms with Crippen LogP contribution in [0.3, 0.4) is 0 Å². The summed E-state index contributed by atoms with van der Waals surface area (Å²) in [4.78, 5) is 9.43. The highest BCUT2D eigenvalue weighted by Crippen LogP contribution is 2.19. The fourth-order valence-corrected chi connectivity index (χ4v) is 3.33. The van der Waals surface area contributed by atoms with Crippen molar-refractivity contribution in [2.75, 3.05) is 44.7 Å². The third kappa shape index (κ3) is 6.21. The molecule has 152 valence electrons. The van der Waals surface area contributed by atoms with Gasteiger partial charge in [-0.25, -0.2) is 4.98 Å². The van der Waals surface area contributed by atoms with Crippen molar-refractivity contribution in [3.63, 3.8) is 0 Å². The molecule has 2 aromatic rings. The van der Waals surface area contributed by atoms with Crippen LogP contribution in [0.25, 0.3) is 0 Å². The summed E-state index contributed by atoms with van der Waals surface area (Å²) in [6, 6.07) is 12.6. The molecule has 1 N–H and O–H groups in total. The Hall–Kier alpha value is -2.11. The molecule has 0 amide bonds. The molecule has 1 aliphatic rings. The summed E-state index contributed by atoms with van der Waals surface area (Å²) in [7, 11) is 2.18. The maximum absolute atomic E-state index is 5.80. The standard InChI is InChI=1S/C23H34N4O/c1-19(2)10-16-28-22-8-6-20(7-9-22)17-24-18-21-5-4-11-25-23(21)27-14-12-26(3)13-15-27/h4-9,11,19,24H,10,12-18H2,1-3H3. The Bertz CT molecular complexity index is 709.